The lowest BCUT2D eigenvalue weighted by Gasteiger charge is -2.14. The fourth-order valence-corrected chi connectivity index (χ4v) is 3.60. The Bertz CT molecular complexity index is 920. The van der Waals surface area contributed by atoms with Gasteiger partial charge in [0, 0.05) is 5.69 Å². The zero-order chi connectivity index (χ0) is 19.4. The molecule has 0 atom stereocenters. The Balaban J connectivity index is 1.74. The van der Waals surface area contributed by atoms with Gasteiger partial charge in [0.05, 0.1) is 23.7 Å². The first-order chi connectivity index (χ1) is 12.9. The van der Waals surface area contributed by atoms with E-state index in [0.29, 0.717) is 5.69 Å². The Morgan fingerprint density at radius 3 is 2.37 bits per heavy atom. The zero-order valence-corrected chi connectivity index (χ0v) is 15.8. The Morgan fingerprint density at radius 2 is 1.78 bits per heavy atom. The lowest BCUT2D eigenvalue weighted by atomic mass is 10.1. The van der Waals surface area contributed by atoms with Crippen molar-refractivity contribution in [1.29, 1.82) is 0 Å². The van der Waals surface area contributed by atoms with E-state index in [2.05, 4.69) is 5.32 Å². The topological polar surface area (TPSA) is 108 Å². The number of carbonyl (C=O) groups is 1. The number of nitrogens with one attached hydrogen (secondary N) is 1. The quantitative estimate of drug-likeness (QED) is 0.788. The Kier molecular flexibility index (Phi) is 5.67. The molecule has 7 nitrogen and oxygen atoms in total. The second-order valence-electron chi connectivity index (χ2n) is 6.41. The number of ether oxygens (including phenoxy) is 2. The van der Waals surface area contributed by atoms with E-state index in [0.717, 1.165) is 18.6 Å². The van der Waals surface area contributed by atoms with Crippen LogP contribution in [-0.4, -0.2) is 27.5 Å². The number of sulfonamides is 1. The standard InChI is InChI=1S/C19H22N2O5S/c1-25-18-11-10-16(27(20,23)24)12-17(18)19(22)21-13-6-8-15(9-7-13)26-14-4-2-3-5-14/h6-12,14H,2-5H2,1H3,(H,21,22)(H2,20,23,24). The van der Waals surface area contributed by atoms with Crippen molar-refractivity contribution in [3.05, 3.63) is 48.0 Å². The molecule has 1 amide bonds. The molecule has 0 heterocycles. The maximum atomic E-state index is 12.6. The van der Waals surface area contributed by atoms with Crippen LogP contribution >= 0.6 is 0 Å². The second-order valence-corrected chi connectivity index (χ2v) is 7.97. The molecule has 0 aliphatic heterocycles. The Labute approximate surface area is 158 Å². The highest BCUT2D eigenvalue weighted by molar-refractivity contribution is 7.89. The van der Waals surface area contributed by atoms with Gasteiger partial charge in [-0.15, -0.1) is 0 Å². The van der Waals surface area contributed by atoms with E-state index in [4.69, 9.17) is 14.6 Å². The molecule has 27 heavy (non-hydrogen) atoms. The third-order valence-corrected chi connectivity index (χ3v) is 5.37. The predicted octanol–water partition coefficient (Wildman–Crippen LogP) is 2.92. The fourth-order valence-electron chi connectivity index (χ4n) is 3.06. The van der Waals surface area contributed by atoms with Gasteiger partial charge in [0.2, 0.25) is 10.0 Å². The highest BCUT2D eigenvalue weighted by atomic mass is 32.2. The molecule has 8 heteroatoms. The minimum absolute atomic E-state index is 0.0790. The smallest absolute Gasteiger partial charge is 0.259 e. The lowest BCUT2D eigenvalue weighted by molar-refractivity contribution is 0.102. The van der Waals surface area contributed by atoms with E-state index in [-0.39, 0.29) is 22.3 Å². The molecule has 0 spiro atoms. The van der Waals surface area contributed by atoms with Crippen LogP contribution in [0.4, 0.5) is 5.69 Å². The van der Waals surface area contributed by atoms with Gasteiger partial charge in [0.25, 0.3) is 5.91 Å². The third kappa shape index (κ3) is 4.78. The number of rotatable bonds is 6. The predicted molar refractivity (Wildman–Crippen MR) is 102 cm³/mol. The van der Waals surface area contributed by atoms with Crippen LogP contribution in [-0.2, 0) is 10.0 Å². The van der Waals surface area contributed by atoms with E-state index in [1.165, 1.54) is 38.2 Å². The molecule has 144 valence electrons. The number of amides is 1. The first kappa shape index (κ1) is 19.2. The average Bonchev–Trinajstić information content (AvgIpc) is 3.15. The average molecular weight is 390 g/mol. The molecule has 1 aliphatic carbocycles. The molecule has 1 fully saturated rings. The summed E-state index contributed by atoms with van der Waals surface area (Å²) in [5, 5.41) is 7.86. The van der Waals surface area contributed by atoms with E-state index < -0.39 is 15.9 Å². The summed E-state index contributed by atoms with van der Waals surface area (Å²) in [6, 6.07) is 10.9. The van der Waals surface area contributed by atoms with Crippen LogP contribution < -0.4 is 19.9 Å². The van der Waals surface area contributed by atoms with E-state index in [9.17, 15) is 13.2 Å². The molecule has 1 saturated carbocycles. The minimum Gasteiger partial charge on any atom is -0.496 e. The molecule has 2 aromatic rings. The molecule has 3 rings (SSSR count). The van der Waals surface area contributed by atoms with Crippen molar-refractivity contribution in [1.82, 2.24) is 0 Å². The number of benzene rings is 2. The molecule has 0 saturated heterocycles. The number of hydrogen-bond donors (Lipinski definition) is 2. The monoisotopic (exact) mass is 390 g/mol. The molecule has 0 radical (unpaired) electrons. The number of carbonyl (C=O) groups excluding carboxylic acids is 1. The molecular formula is C19H22N2O5S. The van der Waals surface area contributed by atoms with Crippen LogP contribution in [0.5, 0.6) is 11.5 Å². The summed E-state index contributed by atoms with van der Waals surface area (Å²) in [6.45, 7) is 0. The maximum Gasteiger partial charge on any atom is 0.259 e. The van der Waals surface area contributed by atoms with Crippen LogP contribution in [0.2, 0.25) is 0 Å². The summed E-state index contributed by atoms with van der Waals surface area (Å²) in [6.07, 6.45) is 4.78. The van der Waals surface area contributed by atoms with E-state index in [1.807, 2.05) is 0 Å². The van der Waals surface area contributed by atoms with Crippen LogP contribution in [0, 0.1) is 0 Å². The highest BCUT2D eigenvalue weighted by Gasteiger charge is 2.18. The summed E-state index contributed by atoms with van der Waals surface area (Å²) in [5.74, 6) is 0.511. The number of primary sulfonamides is 1. The van der Waals surface area contributed by atoms with Crippen molar-refractivity contribution >= 4 is 21.6 Å². The van der Waals surface area contributed by atoms with Gasteiger partial charge in [-0.3, -0.25) is 4.79 Å². The minimum atomic E-state index is -3.93. The van der Waals surface area contributed by atoms with Gasteiger partial charge in [-0.1, -0.05) is 0 Å². The first-order valence-corrected chi connectivity index (χ1v) is 10.2. The van der Waals surface area contributed by atoms with Crippen molar-refractivity contribution in [2.75, 3.05) is 12.4 Å². The molecular weight excluding hydrogens is 368 g/mol. The molecule has 3 N–H and O–H groups in total. The highest BCUT2D eigenvalue weighted by Crippen LogP contribution is 2.26. The van der Waals surface area contributed by atoms with Gasteiger partial charge >= 0.3 is 0 Å². The lowest BCUT2D eigenvalue weighted by Crippen LogP contribution is -2.17. The van der Waals surface area contributed by atoms with Crippen LogP contribution in [0.3, 0.4) is 0 Å². The molecule has 2 aromatic carbocycles. The molecule has 0 aromatic heterocycles. The first-order valence-electron chi connectivity index (χ1n) is 8.66. The summed E-state index contributed by atoms with van der Waals surface area (Å²) in [5.41, 5.74) is 0.636. The second kappa shape index (κ2) is 7.98. The molecule has 1 aliphatic rings. The van der Waals surface area contributed by atoms with Crippen molar-refractivity contribution in [3.63, 3.8) is 0 Å². The summed E-state index contributed by atoms with van der Waals surface area (Å²) >= 11 is 0. The summed E-state index contributed by atoms with van der Waals surface area (Å²) < 4.78 is 34.1. The zero-order valence-electron chi connectivity index (χ0n) is 15.0. The molecule has 0 unspecified atom stereocenters. The number of anilines is 1. The SMILES string of the molecule is COc1ccc(S(N)(=O)=O)cc1C(=O)Nc1ccc(OC2CCCC2)cc1. The van der Waals surface area contributed by atoms with Gasteiger partial charge in [-0.25, -0.2) is 13.6 Å². The summed E-state index contributed by atoms with van der Waals surface area (Å²) in [4.78, 5) is 12.4. The summed E-state index contributed by atoms with van der Waals surface area (Å²) in [7, 11) is -2.53. The maximum absolute atomic E-state index is 12.6. The van der Waals surface area contributed by atoms with Gasteiger partial charge in [-0.2, -0.15) is 0 Å². The van der Waals surface area contributed by atoms with Gasteiger partial charge in [0.15, 0.2) is 0 Å². The number of nitrogens with two attached hydrogens (primary N) is 1. The normalized spacial score (nSPS) is 14.7. The fraction of sp³-hybridized carbons (Fsp3) is 0.316. The third-order valence-electron chi connectivity index (χ3n) is 4.46. The van der Waals surface area contributed by atoms with Gasteiger partial charge in [-0.05, 0) is 68.1 Å². The Morgan fingerprint density at radius 1 is 1.11 bits per heavy atom. The van der Waals surface area contributed by atoms with E-state index in [1.54, 1.807) is 24.3 Å². The van der Waals surface area contributed by atoms with Crippen molar-refractivity contribution in [2.24, 2.45) is 5.14 Å². The van der Waals surface area contributed by atoms with Crippen molar-refractivity contribution in [3.8, 4) is 11.5 Å². The number of hydrogen-bond acceptors (Lipinski definition) is 5. The van der Waals surface area contributed by atoms with Gasteiger partial charge < -0.3 is 14.8 Å². The van der Waals surface area contributed by atoms with Crippen molar-refractivity contribution in [2.45, 2.75) is 36.7 Å². The van der Waals surface area contributed by atoms with Crippen LogP contribution in [0.15, 0.2) is 47.4 Å². The molecule has 0 bridgehead atoms. The van der Waals surface area contributed by atoms with E-state index >= 15 is 0 Å². The number of methoxy groups -OCH3 is 1. The largest absolute Gasteiger partial charge is 0.496 e. The van der Waals surface area contributed by atoms with Crippen LogP contribution in [0.1, 0.15) is 36.0 Å². The van der Waals surface area contributed by atoms with Gasteiger partial charge in [0.1, 0.15) is 11.5 Å². The van der Waals surface area contributed by atoms with Crippen LogP contribution in [0.25, 0.3) is 0 Å². The Hall–Kier alpha value is -2.58. The van der Waals surface area contributed by atoms with Crippen molar-refractivity contribution < 1.29 is 22.7 Å².